The zero-order valence-corrected chi connectivity index (χ0v) is 18.1. The minimum atomic E-state index is -0.460. The fraction of sp³-hybridized carbons (Fsp3) is 0.739. The Morgan fingerprint density at radius 1 is 1.41 bits per heavy atom. The Bertz CT molecular complexity index is 708. The highest BCUT2D eigenvalue weighted by Crippen LogP contribution is 2.59. The second-order valence-electron chi connectivity index (χ2n) is 9.78. The van der Waals surface area contributed by atoms with E-state index in [1.54, 1.807) is 6.20 Å². The van der Waals surface area contributed by atoms with E-state index in [4.69, 9.17) is 4.74 Å². The Morgan fingerprint density at radius 2 is 2.28 bits per heavy atom. The van der Waals surface area contributed by atoms with E-state index in [9.17, 15) is 5.11 Å². The van der Waals surface area contributed by atoms with Crippen molar-refractivity contribution in [3.8, 4) is 0 Å². The van der Waals surface area contributed by atoms with E-state index in [1.165, 1.54) is 24.8 Å². The van der Waals surface area contributed by atoms with Gasteiger partial charge in [0.05, 0.1) is 19.3 Å². The molecule has 4 aliphatic rings. The maximum absolute atomic E-state index is 10.5. The fourth-order valence-electron chi connectivity index (χ4n) is 5.57. The number of fused-ring (bicyclic) bond motifs is 1. The number of nitrogens with zero attached hydrogens (tertiary/aromatic N) is 4. The van der Waals surface area contributed by atoms with Crippen LogP contribution in [0.25, 0.3) is 0 Å². The normalized spacial score (nSPS) is 28.9. The number of likely N-dealkylation sites (N-methyl/N-ethyl adjacent to an activating group) is 1. The van der Waals surface area contributed by atoms with Gasteiger partial charge in [0.25, 0.3) is 0 Å². The van der Waals surface area contributed by atoms with Gasteiger partial charge in [0.1, 0.15) is 0 Å². The van der Waals surface area contributed by atoms with E-state index >= 15 is 0 Å². The summed E-state index contributed by atoms with van der Waals surface area (Å²) < 4.78 is 5.91. The molecule has 6 nitrogen and oxygen atoms in total. The molecule has 0 spiro atoms. The smallest absolute Gasteiger partial charge is 0.151 e. The highest BCUT2D eigenvalue weighted by Gasteiger charge is 2.50. The van der Waals surface area contributed by atoms with E-state index in [2.05, 4.69) is 47.0 Å². The first kappa shape index (κ1) is 20.8. The predicted molar refractivity (Wildman–Crippen MR) is 115 cm³/mol. The summed E-state index contributed by atoms with van der Waals surface area (Å²) in [4.78, 5) is 4.56. The number of aliphatic hydroxyl groups excluding tert-OH is 1. The molecule has 1 saturated heterocycles. The van der Waals surface area contributed by atoms with E-state index < -0.39 is 6.10 Å². The average molecular weight is 401 g/mol. The van der Waals surface area contributed by atoms with Gasteiger partial charge >= 0.3 is 0 Å². The molecule has 5 rings (SSSR count). The molecule has 6 heteroatoms. The van der Waals surface area contributed by atoms with Gasteiger partial charge in [-0.05, 0) is 67.7 Å². The maximum atomic E-state index is 10.5. The standard InChI is InChI=1S/C23H36N4O2/c1-23(2)18-9-8-17(21(23)12-18)15-29-16-20(28)14-26(3)13-19-6-5-11-27(19)22-7-4-10-24-25-22/h4,7-8,10,18-21,28H,5-6,9,11-16H2,1-3H3. The number of ether oxygens (including phenoxy) is 1. The van der Waals surface area contributed by atoms with E-state index in [0.717, 1.165) is 31.2 Å². The summed E-state index contributed by atoms with van der Waals surface area (Å²) in [6.45, 7) is 8.40. The van der Waals surface area contributed by atoms with Crippen LogP contribution in [0.4, 0.5) is 5.82 Å². The second kappa shape index (κ2) is 8.70. The zero-order valence-electron chi connectivity index (χ0n) is 18.1. The molecule has 2 heterocycles. The monoisotopic (exact) mass is 400 g/mol. The van der Waals surface area contributed by atoms with Gasteiger partial charge in [0, 0.05) is 31.9 Å². The lowest BCUT2D eigenvalue weighted by Crippen LogP contribution is -2.48. The lowest BCUT2D eigenvalue weighted by molar-refractivity contribution is -0.0256. The molecule has 1 aromatic rings. The van der Waals surface area contributed by atoms with Gasteiger partial charge in [-0.2, -0.15) is 5.10 Å². The van der Waals surface area contributed by atoms with Crippen LogP contribution in [0.1, 0.15) is 39.5 Å². The van der Waals surface area contributed by atoms with Crippen molar-refractivity contribution in [3.63, 3.8) is 0 Å². The summed E-state index contributed by atoms with van der Waals surface area (Å²) in [5.74, 6) is 2.48. The molecule has 0 aromatic carbocycles. The second-order valence-corrected chi connectivity index (χ2v) is 9.78. The molecule has 0 radical (unpaired) electrons. The third-order valence-electron chi connectivity index (χ3n) is 7.44. The van der Waals surface area contributed by atoms with Crippen LogP contribution in [0, 0.1) is 17.3 Å². The minimum Gasteiger partial charge on any atom is -0.389 e. The molecule has 0 amide bonds. The summed E-state index contributed by atoms with van der Waals surface area (Å²) in [5, 5.41) is 18.7. The lowest BCUT2D eigenvalue weighted by atomic mass is 9.49. The van der Waals surface area contributed by atoms with Gasteiger partial charge in [-0.15, -0.1) is 5.10 Å². The molecule has 4 unspecified atom stereocenters. The molecule has 29 heavy (non-hydrogen) atoms. The average Bonchev–Trinajstić information content (AvgIpc) is 3.16. The third kappa shape index (κ3) is 4.49. The van der Waals surface area contributed by atoms with Crippen LogP contribution in [-0.2, 0) is 4.74 Å². The van der Waals surface area contributed by atoms with E-state index in [1.807, 2.05) is 12.1 Å². The Morgan fingerprint density at radius 3 is 3.00 bits per heavy atom. The number of aliphatic hydroxyl groups is 1. The Balaban J connectivity index is 1.19. The van der Waals surface area contributed by atoms with Crippen LogP contribution < -0.4 is 4.90 Å². The molecule has 1 aromatic heterocycles. The van der Waals surface area contributed by atoms with Crippen molar-refractivity contribution in [2.24, 2.45) is 17.3 Å². The van der Waals surface area contributed by atoms with Crippen molar-refractivity contribution in [1.82, 2.24) is 15.1 Å². The molecule has 3 aliphatic carbocycles. The Hall–Kier alpha value is -1.50. The quantitative estimate of drug-likeness (QED) is 0.643. The molecule has 160 valence electrons. The lowest BCUT2D eigenvalue weighted by Gasteiger charge is -2.56. The first-order chi connectivity index (χ1) is 13.9. The van der Waals surface area contributed by atoms with Crippen molar-refractivity contribution in [2.45, 2.75) is 51.7 Å². The highest BCUT2D eigenvalue weighted by molar-refractivity contribution is 5.39. The highest BCUT2D eigenvalue weighted by atomic mass is 16.5. The Kier molecular flexibility index (Phi) is 6.23. The van der Waals surface area contributed by atoms with Crippen molar-refractivity contribution >= 4 is 5.82 Å². The first-order valence-corrected chi connectivity index (χ1v) is 11.1. The largest absolute Gasteiger partial charge is 0.389 e. The van der Waals surface area contributed by atoms with E-state index in [-0.39, 0.29) is 0 Å². The van der Waals surface area contributed by atoms with Gasteiger partial charge in [-0.25, -0.2) is 0 Å². The van der Waals surface area contributed by atoms with Crippen LogP contribution in [-0.4, -0.2) is 72.2 Å². The van der Waals surface area contributed by atoms with Crippen molar-refractivity contribution in [2.75, 3.05) is 44.8 Å². The summed E-state index contributed by atoms with van der Waals surface area (Å²) in [6.07, 6.45) is 8.47. The molecule has 4 atom stereocenters. The SMILES string of the molecule is CN(CC(O)COCC1=CCC2CC1C2(C)C)CC1CCCN1c1cccnn1. The Labute approximate surface area is 174 Å². The van der Waals surface area contributed by atoms with Crippen LogP contribution in [0.2, 0.25) is 0 Å². The van der Waals surface area contributed by atoms with Crippen LogP contribution in [0.5, 0.6) is 0 Å². The van der Waals surface area contributed by atoms with Gasteiger partial charge < -0.3 is 19.6 Å². The van der Waals surface area contributed by atoms with Crippen molar-refractivity contribution in [3.05, 3.63) is 30.0 Å². The van der Waals surface area contributed by atoms with Crippen molar-refractivity contribution < 1.29 is 9.84 Å². The van der Waals surface area contributed by atoms with Gasteiger partial charge in [-0.3, -0.25) is 0 Å². The maximum Gasteiger partial charge on any atom is 0.151 e. The third-order valence-corrected chi connectivity index (χ3v) is 7.44. The molecule has 1 saturated carbocycles. The molecule has 2 bridgehead atoms. The summed E-state index contributed by atoms with van der Waals surface area (Å²) in [7, 11) is 2.08. The summed E-state index contributed by atoms with van der Waals surface area (Å²) >= 11 is 0. The molecular formula is C23H36N4O2. The number of hydrogen-bond donors (Lipinski definition) is 1. The molecule has 1 aliphatic heterocycles. The zero-order chi connectivity index (χ0) is 20.4. The molecule has 2 fully saturated rings. The fourth-order valence-corrected chi connectivity index (χ4v) is 5.57. The number of hydrogen-bond acceptors (Lipinski definition) is 6. The van der Waals surface area contributed by atoms with Crippen molar-refractivity contribution in [1.29, 1.82) is 0 Å². The van der Waals surface area contributed by atoms with E-state index in [0.29, 0.717) is 37.1 Å². The predicted octanol–water partition coefficient (Wildman–Crippen LogP) is 2.75. The van der Waals surface area contributed by atoms with Gasteiger partial charge in [0.15, 0.2) is 5.82 Å². The number of allylic oxidation sites excluding steroid dienone is 1. The topological polar surface area (TPSA) is 61.7 Å². The number of aromatic nitrogens is 2. The van der Waals surface area contributed by atoms with Crippen LogP contribution in [0.15, 0.2) is 30.0 Å². The van der Waals surface area contributed by atoms with Gasteiger partial charge in [-0.1, -0.05) is 19.9 Å². The molecule has 1 N–H and O–H groups in total. The number of anilines is 1. The van der Waals surface area contributed by atoms with Gasteiger partial charge in [0.2, 0.25) is 0 Å². The minimum absolute atomic E-state index is 0.400. The van der Waals surface area contributed by atoms with Crippen LogP contribution in [0.3, 0.4) is 0 Å². The molecular weight excluding hydrogens is 364 g/mol. The summed E-state index contributed by atoms with van der Waals surface area (Å²) in [5.41, 5.74) is 1.88. The summed E-state index contributed by atoms with van der Waals surface area (Å²) in [6, 6.07) is 4.39. The van der Waals surface area contributed by atoms with Crippen LogP contribution >= 0.6 is 0 Å². The first-order valence-electron chi connectivity index (χ1n) is 11.1. The number of rotatable bonds is 9.